The molecule has 6 heteroatoms. The number of benzene rings is 2. The molecule has 0 unspecified atom stereocenters. The van der Waals surface area contributed by atoms with Crippen LogP contribution in [0.4, 0.5) is 5.69 Å². The average molecular weight is 415 g/mol. The first-order valence-corrected chi connectivity index (χ1v) is 12.0. The van der Waals surface area contributed by atoms with E-state index >= 15 is 0 Å². The molecule has 3 rings (SSSR count). The molecule has 0 fully saturated rings. The van der Waals surface area contributed by atoms with Gasteiger partial charge in [0.2, 0.25) is 15.9 Å². The predicted octanol–water partition coefficient (Wildman–Crippen LogP) is 3.91. The fraction of sp³-hybridized carbons (Fsp3) is 0.435. The normalized spacial score (nSPS) is 15.9. The van der Waals surface area contributed by atoms with Crippen LogP contribution in [0.5, 0.6) is 0 Å². The maximum absolute atomic E-state index is 12.9. The van der Waals surface area contributed by atoms with Crippen LogP contribution in [0.25, 0.3) is 0 Å². The number of nitrogens with one attached hydrogen (secondary N) is 1. The van der Waals surface area contributed by atoms with E-state index in [1.165, 1.54) is 28.3 Å². The van der Waals surface area contributed by atoms with Gasteiger partial charge in [-0.1, -0.05) is 30.3 Å². The van der Waals surface area contributed by atoms with Crippen molar-refractivity contribution in [1.29, 1.82) is 0 Å². The second kappa shape index (κ2) is 8.57. The molecule has 2 aromatic carbocycles. The number of hydrogen-bond acceptors (Lipinski definition) is 3. The molecule has 0 aromatic heterocycles. The van der Waals surface area contributed by atoms with E-state index in [9.17, 15) is 13.2 Å². The quantitative estimate of drug-likeness (QED) is 0.779. The molecule has 1 N–H and O–H groups in total. The number of rotatable bonds is 6. The maximum atomic E-state index is 12.9. The summed E-state index contributed by atoms with van der Waals surface area (Å²) in [4.78, 5) is 12.9. The highest BCUT2D eigenvalue weighted by Crippen LogP contribution is 2.26. The molecule has 1 aliphatic rings. The van der Waals surface area contributed by atoms with E-state index in [1.807, 2.05) is 19.9 Å². The van der Waals surface area contributed by atoms with Gasteiger partial charge in [-0.15, -0.1) is 0 Å². The number of carbonyl (C=O) groups is 1. The second-order valence-electron chi connectivity index (χ2n) is 8.04. The van der Waals surface area contributed by atoms with Gasteiger partial charge in [-0.05, 0) is 80.8 Å². The Labute approximate surface area is 174 Å². The predicted molar refractivity (Wildman–Crippen MR) is 118 cm³/mol. The van der Waals surface area contributed by atoms with Crippen molar-refractivity contribution in [2.24, 2.45) is 0 Å². The lowest BCUT2D eigenvalue weighted by Gasteiger charge is -2.29. The minimum absolute atomic E-state index is 0.198. The summed E-state index contributed by atoms with van der Waals surface area (Å²) in [6, 6.07) is 12.5. The molecule has 29 heavy (non-hydrogen) atoms. The van der Waals surface area contributed by atoms with Gasteiger partial charge >= 0.3 is 0 Å². The molecule has 0 aliphatic heterocycles. The molecule has 1 aliphatic carbocycles. The molecule has 1 amide bonds. The van der Waals surface area contributed by atoms with Gasteiger partial charge < -0.3 is 5.32 Å². The summed E-state index contributed by atoms with van der Waals surface area (Å²) in [6.45, 7) is 5.46. The molecule has 2 atom stereocenters. The van der Waals surface area contributed by atoms with Crippen molar-refractivity contribution in [3.63, 3.8) is 0 Å². The Morgan fingerprint density at radius 3 is 2.38 bits per heavy atom. The minimum atomic E-state index is -3.62. The molecule has 156 valence electrons. The average Bonchev–Trinajstić information content (AvgIpc) is 2.66. The number of carbonyl (C=O) groups excluding carboxylic acids is 1. The van der Waals surface area contributed by atoms with Crippen molar-refractivity contribution >= 4 is 21.6 Å². The number of amides is 1. The molecular formula is C23H30N2O3S. The Balaban J connectivity index is 1.79. The van der Waals surface area contributed by atoms with Crippen molar-refractivity contribution in [1.82, 2.24) is 5.32 Å². The maximum Gasteiger partial charge on any atom is 0.244 e. The van der Waals surface area contributed by atoms with Gasteiger partial charge in [0.05, 0.1) is 18.0 Å². The van der Waals surface area contributed by atoms with Gasteiger partial charge in [0.1, 0.15) is 6.04 Å². The van der Waals surface area contributed by atoms with Crippen molar-refractivity contribution < 1.29 is 13.2 Å². The van der Waals surface area contributed by atoms with E-state index < -0.39 is 16.1 Å². The van der Waals surface area contributed by atoms with E-state index in [1.54, 1.807) is 25.1 Å². The Morgan fingerprint density at radius 1 is 1.03 bits per heavy atom. The second-order valence-corrected chi connectivity index (χ2v) is 9.90. The van der Waals surface area contributed by atoms with Crippen LogP contribution < -0.4 is 9.62 Å². The third kappa shape index (κ3) is 4.99. The zero-order chi connectivity index (χ0) is 21.2. The summed E-state index contributed by atoms with van der Waals surface area (Å²) < 4.78 is 26.1. The number of anilines is 1. The highest BCUT2D eigenvalue weighted by molar-refractivity contribution is 7.92. The van der Waals surface area contributed by atoms with Crippen LogP contribution in [0, 0.1) is 6.92 Å². The number of aryl methyl sites for hydroxylation is 3. The van der Waals surface area contributed by atoms with Crippen LogP contribution in [-0.4, -0.2) is 26.6 Å². The van der Waals surface area contributed by atoms with Crippen LogP contribution in [0.1, 0.15) is 55.0 Å². The Kier molecular flexibility index (Phi) is 6.32. The van der Waals surface area contributed by atoms with Crippen molar-refractivity contribution in [3.8, 4) is 0 Å². The van der Waals surface area contributed by atoms with Gasteiger partial charge in [-0.25, -0.2) is 8.42 Å². The molecule has 0 radical (unpaired) electrons. The Bertz CT molecular complexity index is 1000. The molecule has 0 saturated heterocycles. The van der Waals surface area contributed by atoms with Crippen LogP contribution in [0.2, 0.25) is 0 Å². The molecule has 0 spiro atoms. The van der Waals surface area contributed by atoms with E-state index in [4.69, 9.17) is 0 Å². The first-order valence-electron chi connectivity index (χ1n) is 10.1. The van der Waals surface area contributed by atoms with E-state index in [2.05, 4.69) is 23.5 Å². The zero-order valence-electron chi connectivity index (χ0n) is 17.6. The summed E-state index contributed by atoms with van der Waals surface area (Å²) in [5.74, 6) is -0.317. The monoisotopic (exact) mass is 414 g/mol. The first kappa shape index (κ1) is 21.4. The Hall–Kier alpha value is -2.34. The largest absolute Gasteiger partial charge is 0.348 e. The van der Waals surface area contributed by atoms with Crippen LogP contribution in [0.3, 0.4) is 0 Å². The SMILES string of the molecule is Cc1cccc(N([C@@H](C)C(=O)N[C@@H](C)c2ccc3c(c2)CCCC3)S(C)(=O)=O)c1. The van der Waals surface area contributed by atoms with Crippen LogP contribution in [0.15, 0.2) is 42.5 Å². The van der Waals surface area contributed by atoms with Gasteiger partial charge in [-0.3, -0.25) is 9.10 Å². The summed E-state index contributed by atoms with van der Waals surface area (Å²) in [6.07, 6.45) is 5.76. The summed E-state index contributed by atoms with van der Waals surface area (Å²) in [5, 5.41) is 2.99. The lowest BCUT2D eigenvalue weighted by molar-refractivity contribution is -0.122. The summed E-state index contributed by atoms with van der Waals surface area (Å²) >= 11 is 0. The molecule has 2 aromatic rings. The molecule has 0 saturated carbocycles. The van der Waals surface area contributed by atoms with E-state index in [-0.39, 0.29) is 11.9 Å². The highest BCUT2D eigenvalue weighted by atomic mass is 32.2. The summed E-state index contributed by atoms with van der Waals surface area (Å²) in [7, 11) is -3.62. The van der Waals surface area contributed by atoms with Crippen LogP contribution in [-0.2, 0) is 27.7 Å². The Morgan fingerprint density at radius 2 is 1.72 bits per heavy atom. The minimum Gasteiger partial charge on any atom is -0.348 e. The number of sulfonamides is 1. The fourth-order valence-electron chi connectivity index (χ4n) is 4.01. The fourth-order valence-corrected chi connectivity index (χ4v) is 5.18. The first-order chi connectivity index (χ1) is 13.7. The third-order valence-corrected chi connectivity index (χ3v) is 6.82. The van der Waals surface area contributed by atoms with E-state index in [0.717, 1.165) is 30.2 Å². The standard InChI is InChI=1S/C23H30N2O3S/c1-16-8-7-11-22(14-16)25(29(4,27)28)18(3)23(26)24-17(2)20-13-12-19-9-5-6-10-21(19)15-20/h7-8,11-15,17-18H,5-6,9-10H2,1-4H3,(H,24,26)/t17-,18-/m0/s1. The molecule has 5 nitrogen and oxygen atoms in total. The van der Waals surface area contributed by atoms with E-state index in [0.29, 0.717) is 5.69 Å². The molecule has 0 bridgehead atoms. The number of fused-ring (bicyclic) bond motifs is 1. The smallest absolute Gasteiger partial charge is 0.244 e. The molecule has 0 heterocycles. The zero-order valence-corrected chi connectivity index (χ0v) is 18.4. The summed E-state index contributed by atoms with van der Waals surface area (Å²) in [5.41, 5.74) is 5.24. The van der Waals surface area contributed by atoms with Crippen molar-refractivity contribution in [2.45, 2.75) is 58.5 Å². The van der Waals surface area contributed by atoms with Gasteiger partial charge in [0.15, 0.2) is 0 Å². The lowest BCUT2D eigenvalue weighted by atomic mass is 9.89. The van der Waals surface area contributed by atoms with Crippen molar-refractivity contribution in [3.05, 3.63) is 64.7 Å². The highest BCUT2D eigenvalue weighted by Gasteiger charge is 2.30. The third-order valence-electron chi connectivity index (χ3n) is 5.58. The number of hydrogen-bond donors (Lipinski definition) is 1. The topological polar surface area (TPSA) is 66.5 Å². The van der Waals surface area contributed by atoms with Crippen molar-refractivity contribution in [2.75, 3.05) is 10.6 Å². The van der Waals surface area contributed by atoms with Gasteiger partial charge in [0, 0.05) is 0 Å². The molecular weight excluding hydrogens is 384 g/mol. The van der Waals surface area contributed by atoms with Crippen LogP contribution >= 0.6 is 0 Å². The van der Waals surface area contributed by atoms with Gasteiger partial charge in [-0.2, -0.15) is 0 Å². The number of nitrogens with zero attached hydrogens (tertiary/aromatic N) is 1. The van der Waals surface area contributed by atoms with Gasteiger partial charge in [0.25, 0.3) is 0 Å². The lowest BCUT2D eigenvalue weighted by Crippen LogP contribution is -2.48.